The van der Waals surface area contributed by atoms with Gasteiger partial charge in [-0.1, -0.05) is 48.9 Å². The molecule has 0 saturated heterocycles. The number of para-hydroxylation sites is 3. The van der Waals surface area contributed by atoms with Gasteiger partial charge in [0.1, 0.15) is 10.6 Å². The van der Waals surface area contributed by atoms with Gasteiger partial charge in [0.15, 0.2) is 0 Å². The number of carbonyl (C=O) groups excluding carboxylic acids is 1. The Balaban J connectivity index is 1.91. The molecule has 3 aromatic carbocycles. The van der Waals surface area contributed by atoms with Gasteiger partial charge in [0.25, 0.3) is 15.9 Å². The van der Waals surface area contributed by atoms with Crippen LogP contribution in [0.25, 0.3) is 0 Å². The first-order valence-electron chi connectivity index (χ1n) is 9.20. The standard InChI is InChI=1S/C22H21ClN2O4S/c1-3-15-8-4-5-9-18(15)24-22(26)16-12-13-17(23)21(14-16)30(27,28)25-19-10-6-7-11-20(19)29-2/h4-14,25H,3H2,1-2H3,(H,24,26). The molecule has 0 aromatic heterocycles. The summed E-state index contributed by atoms with van der Waals surface area (Å²) < 4.78 is 33.5. The monoisotopic (exact) mass is 444 g/mol. The Bertz CT molecular complexity index is 1180. The molecule has 0 aliphatic rings. The molecule has 3 aromatic rings. The minimum atomic E-state index is -4.06. The molecule has 0 radical (unpaired) electrons. The van der Waals surface area contributed by atoms with Crippen molar-refractivity contribution in [2.45, 2.75) is 18.2 Å². The SMILES string of the molecule is CCc1ccccc1NC(=O)c1ccc(Cl)c(S(=O)(=O)Nc2ccccc2OC)c1. The highest BCUT2D eigenvalue weighted by atomic mass is 35.5. The van der Waals surface area contributed by atoms with E-state index in [0.29, 0.717) is 11.4 Å². The maximum atomic E-state index is 12.9. The number of sulfonamides is 1. The van der Waals surface area contributed by atoms with Gasteiger partial charge >= 0.3 is 0 Å². The molecule has 0 spiro atoms. The lowest BCUT2D eigenvalue weighted by molar-refractivity contribution is 0.102. The third-order valence-electron chi connectivity index (χ3n) is 4.48. The predicted molar refractivity (Wildman–Crippen MR) is 119 cm³/mol. The van der Waals surface area contributed by atoms with Gasteiger partial charge in [-0.3, -0.25) is 9.52 Å². The number of anilines is 2. The van der Waals surface area contributed by atoms with Crippen molar-refractivity contribution in [1.29, 1.82) is 0 Å². The average molecular weight is 445 g/mol. The zero-order chi connectivity index (χ0) is 21.7. The molecule has 0 bridgehead atoms. The summed E-state index contributed by atoms with van der Waals surface area (Å²) in [6.07, 6.45) is 0.750. The normalized spacial score (nSPS) is 11.0. The summed E-state index contributed by atoms with van der Waals surface area (Å²) in [5, 5.41) is 2.83. The van der Waals surface area contributed by atoms with E-state index in [9.17, 15) is 13.2 Å². The molecule has 8 heteroatoms. The lowest BCUT2D eigenvalue weighted by Crippen LogP contribution is -2.17. The number of methoxy groups -OCH3 is 1. The topological polar surface area (TPSA) is 84.5 Å². The number of aryl methyl sites for hydroxylation is 1. The van der Waals surface area contributed by atoms with E-state index in [-0.39, 0.29) is 21.2 Å². The van der Waals surface area contributed by atoms with E-state index in [1.165, 1.54) is 25.3 Å². The fourth-order valence-corrected chi connectivity index (χ4v) is 4.52. The summed E-state index contributed by atoms with van der Waals surface area (Å²) in [7, 11) is -2.62. The first-order chi connectivity index (χ1) is 14.4. The van der Waals surface area contributed by atoms with Gasteiger partial charge in [-0.25, -0.2) is 8.42 Å². The lowest BCUT2D eigenvalue weighted by Gasteiger charge is -2.14. The Labute approximate surface area is 180 Å². The highest BCUT2D eigenvalue weighted by Gasteiger charge is 2.22. The lowest BCUT2D eigenvalue weighted by atomic mass is 10.1. The number of rotatable bonds is 7. The first-order valence-corrected chi connectivity index (χ1v) is 11.1. The van der Waals surface area contributed by atoms with Gasteiger partial charge in [-0.05, 0) is 48.4 Å². The van der Waals surface area contributed by atoms with Crippen molar-refractivity contribution in [3.63, 3.8) is 0 Å². The first kappa shape index (κ1) is 21.7. The van der Waals surface area contributed by atoms with Gasteiger partial charge < -0.3 is 10.1 Å². The molecule has 6 nitrogen and oxygen atoms in total. The summed E-state index contributed by atoms with van der Waals surface area (Å²) in [4.78, 5) is 12.5. The van der Waals surface area contributed by atoms with Crippen LogP contribution in [0.4, 0.5) is 11.4 Å². The van der Waals surface area contributed by atoms with Crippen molar-refractivity contribution in [1.82, 2.24) is 0 Å². The molecule has 1 amide bonds. The Morgan fingerprint density at radius 2 is 1.67 bits per heavy atom. The maximum Gasteiger partial charge on any atom is 0.263 e. The van der Waals surface area contributed by atoms with Crippen molar-refractivity contribution in [2.24, 2.45) is 0 Å². The highest BCUT2D eigenvalue weighted by molar-refractivity contribution is 7.92. The fourth-order valence-electron chi connectivity index (χ4n) is 2.92. The molecule has 3 rings (SSSR count). The second kappa shape index (κ2) is 9.19. The molecule has 0 heterocycles. The predicted octanol–water partition coefficient (Wildman–Crippen LogP) is 4.96. The zero-order valence-corrected chi connectivity index (χ0v) is 18.0. The Morgan fingerprint density at radius 3 is 2.37 bits per heavy atom. The van der Waals surface area contributed by atoms with Crippen LogP contribution < -0.4 is 14.8 Å². The Morgan fingerprint density at radius 1 is 1.00 bits per heavy atom. The molecule has 0 saturated carbocycles. The number of hydrogen-bond donors (Lipinski definition) is 2. The molecule has 0 fully saturated rings. The van der Waals surface area contributed by atoms with E-state index in [2.05, 4.69) is 10.0 Å². The van der Waals surface area contributed by atoms with Crippen LogP contribution in [0, 0.1) is 0 Å². The molecular weight excluding hydrogens is 424 g/mol. The molecule has 30 heavy (non-hydrogen) atoms. The van der Waals surface area contributed by atoms with E-state index in [4.69, 9.17) is 16.3 Å². The van der Waals surface area contributed by atoms with Crippen LogP contribution in [-0.2, 0) is 16.4 Å². The molecule has 0 unspecified atom stereocenters. The molecule has 0 aliphatic carbocycles. The molecule has 2 N–H and O–H groups in total. The molecule has 0 aliphatic heterocycles. The highest BCUT2D eigenvalue weighted by Crippen LogP contribution is 2.29. The quantitative estimate of drug-likeness (QED) is 0.539. The summed E-state index contributed by atoms with van der Waals surface area (Å²) in [6.45, 7) is 1.99. The van der Waals surface area contributed by atoms with Crippen LogP contribution in [0.2, 0.25) is 5.02 Å². The van der Waals surface area contributed by atoms with Crippen LogP contribution in [0.15, 0.2) is 71.6 Å². The van der Waals surface area contributed by atoms with Crippen molar-refractivity contribution in [2.75, 3.05) is 17.1 Å². The Hall–Kier alpha value is -3.03. The number of nitrogens with one attached hydrogen (secondary N) is 2. The Kier molecular flexibility index (Phi) is 6.64. The van der Waals surface area contributed by atoms with Gasteiger partial charge in [-0.15, -0.1) is 0 Å². The second-order valence-electron chi connectivity index (χ2n) is 6.42. The molecular formula is C22H21ClN2O4S. The van der Waals surface area contributed by atoms with E-state index in [0.717, 1.165) is 12.0 Å². The summed E-state index contributed by atoms with van der Waals surface area (Å²) in [6, 6.07) is 18.2. The van der Waals surface area contributed by atoms with E-state index in [1.54, 1.807) is 30.3 Å². The second-order valence-corrected chi connectivity index (χ2v) is 8.47. The molecule has 156 valence electrons. The number of halogens is 1. The largest absolute Gasteiger partial charge is 0.495 e. The van der Waals surface area contributed by atoms with E-state index < -0.39 is 15.9 Å². The van der Waals surface area contributed by atoms with Crippen LogP contribution in [0.1, 0.15) is 22.8 Å². The fraction of sp³-hybridized carbons (Fsp3) is 0.136. The number of carbonyl (C=O) groups is 1. The smallest absolute Gasteiger partial charge is 0.263 e. The van der Waals surface area contributed by atoms with Gasteiger partial charge in [-0.2, -0.15) is 0 Å². The van der Waals surface area contributed by atoms with Crippen LogP contribution in [0.5, 0.6) is 5.75 Å². The van der Waals surface area contributed by atoms with Crippen LogP contribution in [0.3, 0.4) is 0 Å². The summed E-state index contributed by atoms with van der Waals surface area (Å²) in [5.41, 5.74) is 2.09. The van der Waals surface area contributed by atoms with Crippen molar-refractivity contribution < 1.29 is 17.9 Å². The number of hydrogen-bond acceptors (Lipinski definition) is 4. The van der Waals surface area contributed by atoms with Gasteiger partial charge in [0.2, 0.25) is 0 Å². The van der Waals surface area contributed by atoms with E-state index >= 15 is 0 Å². The van der Waals surface area contributed by atoms with Gasteiger partial charge in [0, 0.05) is 11.3 Å². The van der Waals surface area contributed by atoms with Crippen LogP contribution in [-0.4, -0.2) is 21.4 Å². The summed E-state index contributed by atoms with van der Waals surface area (Å²) in [5.74, 6) is -0.0661. The third kappa shape index (κ3) is 4.75. The summed E-state index contributed by atoms with van der Waals surface area (Å²) >= 11 is 6.15. The maximum absolute atomic E-state index is 12.9. The van der Waals surface area contributed by atoms with E-state index in [1.807, 2.05) is 25.1 Å². The van der Waals surface area contributed by atoms with Crippen molar-refractivity contribution in [3.05, 3.63) is 82.9 Å². The third-order valence-corrected chi connectivity index (χ3v) is 6.33. The van der Waals surface area contributed by atoms with Gasteiger partial charge in [0.05, 0.1) is 17.8 Å². The van der Waals surface area contributed by atoms with Crippen LogP contribution >= 0.6 is 11.6 Å². The van der Waals surface area contributed by atoms with Crippen molar-refractivity contribution >= 4 is 38.9 Å². The minimum absolute atomic E-state index is 0.00269. The zero-order valence-electron chi connectivity index (χ0n) is 16.5. The number of ether oxygens (including phenoxy) is 1. The minimum Gasteiger partial charge on any atom is -0.495 e. The molecule has 0 atom stereocenters. The number of benzene rings is 3. The van der Waals surface area contributed by atoms with Crippen molar-refractivity contribution in [3.8, 4) is 5.75 Å². The number of amides is 1. The average Bonchev–Trinajstić information content (AvgIpc) is 2.74.